The number of nitrogens with zero attached hydrogens (tertiary/aromatic N) is 1. The zero-order valence-corrected chi connectivity index (χ0v) is 14.6. The van der Waals surface area contributed by atoms with Gasteiger partial charge in [0.2, 0.25) is 10.0 Å². The van der Waals surface area contributed by atoms with E-state index in [1.807, 2.05) is 0 Å². The normalized spacial score (nSPS) is 31.2. The van der Waals surface area contributed by atoms with Gasteiger partial charge in [-0.05, 0) is 54.4 Å². The Morgan fingerprint density at radius 3 is 2.36 bits per heavy atom. The first-order valence-electron chi connectivity index (χ1n) is 7.81. The quantitative estimate of drug-likeness (QED) is 0.857. The third kappa shape index (κ3) is 2.65. The van der Waals surface area contributed by atoms with Crippen molar-refractivity contribution >= 4 is 10.0 Å². The lowest BCUT2D eigenvalue weighted by atomic mass is 9.65. The van der Waals surface area contributed by atoms with Gasteiger partial charge in [-0.15, -0.1) is 0 Å². The van der Waals surface area contributed by atoms with Crippen molar-refractivity contribution in [2.24, 2.45) is 10.8 Å². The summed E-state index contributed by atoms with van der Waals surface area (Å²) < 4.78 is 32.9. The van der Waals surface area contributed by atoms with E-state index in [4.69, 9.17) is 4.74 Å². The molecule has 4 nitrogen and oxygen atoms in total. The first-order chi connectivity index (χ1) is 10.2. The Bertz CT molecular complexity index is 666. The Balaban J connectivity index is 1.93. The van der Waals surface area contributed by atoms with E-state index < -0.39 is 10.0 Å². The SMILES string of the molecule is COc1ccc(S(=O)(=O)N2C[C@]3(C)C[C@H]2CC(C)(C)C3)cc1. The molecule has 2 aliphatic rings. The van der Waals surface area contributed by atoms with Crippen LogP contribution < -0.4 is 4.74 Å². The average molecular weight is 323 g/mol. The molecule has 1 aromatic carbocycles. The number of fused-ring (bicyclic) bond motifs is 2. The van der Waals surface area contributed by atoms with Crippen LogP contribution in [0.15, 0.2) is 29.2 Å². The first kappa shape index (κ1) is 15.8. The van der Waals surface area contributed by atoms with Crippen molar-refractivity contribution in [3.63, 3.8) is 0 Å². The fourth-order valence-corrected chi connectivity index (χ4v) is 6.35. The van der Waals surface area contributed by atoms with Crippen LogP contribution in [-0.4, -0.2) is 32.4 Å². The summed E-state index contributed by atoms with van der Waals surface area (Å²) in [5.74, 6) is 0.673. The second kappa shape index (κ2) is 4.96. The minimum atomic E-state index is -3.43. The smallest absolute Gasteiger partial charge is 0.243 e. The molecule has 0 amide bonds. The summed E-state index contributed by atoms with van der Waals surface area (Å²) >= 11 is 0. The van der Waals surface area contributed by atoms with Gasteiger partial charge in [0.15, 0.2) is 0 Å². The van der Waals surface area contributed by atoms with Gasteiger partial charge in [-0.1, -0.05) is 20.8 Å². The Morgan fingerprint density at radius 1 is 1.14 bits per heavy atom. The molecule has 2 bridgehead atoms. The molecule has 2 atom stereocenters. The van der Waals surface area contributed by atoms with E-state index in [1.54, 1.807) is 35.7 Å². The zero-order chi connectivity index (χ0) is 16.2. The molecule has 5 heteroatoms. The molecule has 1 saturated carbocycles. The third-order valence-electron chi connectivity index (χ3n) is 5.03. The minimum Gasteiger partial charge on any atom is -0.497 e. The van der Waals surface area contributed by atoms with Gasteiger partial charge in [-0.25, -0.2) is 8.42 Å². The Morgan fingerprint density at radius 2 is 1.77 bits per heavy atom. The molecule has 0 aromatic heterocycles. The number of hydrogen-bond donors (Lipinski definition) is 0. The minimum absolute atomic E-state index is 0.103. The highest BCUT2D eigenvalue weighted by atomic mass is 32.2. The van der Waals surface area contributed by atoms with Crippen molar-refractivity contribution in [3.8, 4) is 5.75 Å². The third-order valence-corrected chi connectivity index (χ3v) is 6.95. The zero-order valence-electron chi connectivity index (χ0n) is 13.8. The molecule has 0 spiro atoms. The lowest BCUT2D eigenvalue weighted by Crippen LogP contribution is -2.37. The van der Waals surface area contributed by atoms with E-state index in [2.05, 4.69) is 20.8 Å². The topological polar surface area (TPSA) is 46.6 Å². The molecule has 1 aliphatic heterocycles. The van der Waals surface area contributed by atoms with E-state index >= 15 is 0 Å². The number of rotatable bonds is 3. The van der Waals surface area contributed by atoms with Gasteiger partial charge in [-0.2, -0.15) is 4.31 Å². The van der Waals surface area contributed by atoms with Gasteiger partial charge >= 0.3 is 0 Å². The molecule has 0 N–H and O–H groups in total. The number of benzene rings is 1. The predicted octanol–water partition coefficient (Wildman–Crippen LogP) is 3.28. The van der Waals surface area contributed by atoms with Crippen LogP contribution >= 0.6 is 0 Å². The van der Waals surface area contributed by atoms with Gasteiger partial charge < -0.3 is 4.74 Å². The Hall–Kier alpha value is -1.07. The van der Waals surface area contributed by atoms with E-state index in [9.17, 15) is 8.42 Å². The predicted molar refractivity (Wildman–Crippen MR) is 86.4 cm³/mol. The molecular weight excluding hydrogens is 298 g/mol. The number of sulfonamides is 1. The fraction of sp³-hybridized carbons (Fsp3) is 0.647. The molecular formula is C17H25NO3S. The molecule has 1 aromatic rings. The van der Waals surface area contributed by atoms with Gasteiger partial charge in [0.05, 0.1) is 12.0 Å². The summed E-state index contributed by atoms with van der Waals surface area (Å²) in [4.78, 5) is 0.363. The summed E-state index contributed by atoms with van der Waals surface area (Å²) in [7, 11) is -1.85. The van der Waals surface area contributed by atoms with Crippen LogP contribution in [0.5, 0.6) is 5.75 Å². The molecule has 3 rings (SSSR count). The first-order valence-corrected chi connectivity index (χ1v) is 9.25. The molecule has 1 saturated heterocycles. The number of ether oxygens (including phenoxy) is 1. The standard InChI is InChI=1S/C17H25NO3S/c1-16(2)9-13-10-17(3,11-16)12-18(13)22(19,20)15-7-5-14(21-4)6-8-15/h5-8,13H,9-12H2,1-4H3/t13-,17-/m1/s1. The van der Waals surface area contributed by atoms with E-state index in [1.165, 1.54) is 0 Å². The Kier molecular flexibility index (Phi) is 3.57. The second-order valence-corrected chi connectivity index (χ2v) is 9.83. The van der Waals surface area contributed by atoms with Gasteiger partial charge in [0, 0.05) is 12.6 Å². The monoisotopic (exact) mass is 323 g/mol. The van der Waals surface area contributed by atoms with Crippen LogP contribution in [0.2, 0.25) is 0 Å². The van der Waals surface area contributed by atoms with Crippen molar-refractivity contribution in [1.82, 2.24) is 4.31 Å². The fourth-order valence-electron chi connectivity index (χ4n) is 4.57. The maximum absolute atomic E-state index is 13.0. The molecule has 22 heavy (non-hydrogen) atoms. The summed E-state index contributed by atoms with van der Waals surface area (Å²) in [5.41, 5.74) is 0.313. The number of methoxy groups -OCH3 is 1. The van der Waals surface area contributed by atoms with Gasteiger partial charge in [-0.3, -0.25) is 0 Å². The van der Waals surface area contributed by atoms with Crippen LogP contribution in [0.25, 0.3) is 0 Å². The largest absolute Gasteiger partial charge is 0.497 e. The van der Waals surface area contributed by atoms with Crippen molar-refractivity contribution in [2.45, 2.75) is 51.0 Å². The Labute approximate surface area is 133 Å². The van der Waals surface area contributed by atoms with Crippen molar-refractivity contribution in [1.29, 1.82) is 0 Å². The highest BCUT2D eigenvalue weighted by molar-refractivity contribution is 7.89. The summed E-state index contributed by atoms with van der Waals surface area (Å²) in [6, 6.07) is 6.83. The lowest BCUT2D eigenvalue weighted by Gasteiger charge is -2.39. The summed E-state index contributed by atoms with van der Waals surface area (Å²) in [5, 5.41) is 0. The molecule has 122 valence electrons. The van der Waals surface area contributed by atoms with Crippen LogP contribution in [0, 0.1) is 10.8 Å². The maximum Gasteiger partial charge on any atom is 0.243 e. The van der Waals surface area contributed by atoms with Gasteiger partial charge in [0.25, 0.3) is 0 Å². The molecule has 0 radical (unpaired) electrons. The van der Waals surface area contributed by atoms with E-state index in [-0.39, 0.29) is 16.9 Å². The van der Waals surface area contributed by atoms with Crippen molar-refractivity contribution < 1.29 is 13.2 Å². The molecule has 1 aliphatic carbocycles. The second-order valence-electron chi connectivity index (χ2n) is 7.94. The molecule has 2 fully saturated rings. The van der Waals surface area contributed by atoms with Gasteiger partial charge in [0.1, 0.15) is 5.75 Å². The lowest BCUT2D eigenvalue weighted by molar-refractivity contribution is 0.133. The van der Waals surface area contributed by atoms with Crippen LogP contribution in [0.4, 0.5) is 0 Å². The van der Waals surface area contributed by atoms with Crippen LogP contribution in [0.1, 0.15) is 40.0 Å². The summed E-state index contributed by atoms with van der Waals surface area (Å²) in [6.07, 6.45) is 3.01. The highest BCUT2D eigenvalue weighted by Crippen LogP contribution is 2.53. The van der Waals surface area contributed by atoms with Crippen LogP contribution in [-0.2, 0) is 10.0 Å². The maximum atomic E-state index is 13.0. The van der Waals surface area contributed by atoms with Crippen LogP contribution in [0.3, 0.4) is 0 Å². The van der Waals surface area contributed by atoms with E-state index in [0.29, 0.717) is 17.2 Å². The average Bonchev–Trinajstić information content (AvgIpc) is 2.68. The van der Waals surface area contributed by atoms with E-state index in [0.717, 1.165) is 19.3 Å². The van der Waals surface area contributed by atoms with Crippen molar-refractivity contribution in [3.05, 3.63) is 24.3 Å². The highest BCUT2D eigenvalue weighted by Gasteiger charge is 2.53. The van der Waals surface area contributed by atoms with Crippen molar-refractivity contribution in [2.75, 3.05) is 13.7 Å². The molecule has 0 unspecified atom stereocenters. The number of hydrogen-bond acceptors (Lipinski definition) is 3. The summed E-state index contributed by atoms with van der Waals surface area (Å²) in [6.45, 7) is 7.36. The molecule has 1 heterocycles.